The first-order valence-corrected chi connectivity index (χ1v) is 7.09. The Bertz CT molecular complexity index is 655. The summed E-state index contributed by atoms with van der Waals surface area (Å²) in [6, 6.07) is 6.31. The van der Waals surface area contributed by atoms with E-state index in [1.807, 2.05) is 23.9 Å². The third-order valence-corrected chi connectivity index (χ3v) is 3.66. The fourth-order valence-electron chi connectivity index (χ4n) is 2.48. The van der Waals surface area contributed by atoms with Crippen LogP contribution in [0.2, 0.25) is 0 Å². The van der Waals surface area contributed by atoms with Crippen LogP contribution in [-0.2, 0) is 7.05 Å². The Kier molecular flexibility index (Phi) is 3.12. The first-order valence-electron chi connectivity index (χ1n) is 7.09. The molecule has 1 aromatic carbocycles. The molecule has 0 bridgehead atoms. The fourth-order valence-corrected chi connectivity index (χ4v) is 2.48. The molecule has 1 aliphatic rings. The van der Waals surface area contributed by atoms with Gasteiger partial charge in [0.15, 0.2) is 5.82 Å². The molecule has 2 amide bonds. The number of rotatable bonds is 3. The second-order valence-corrected chi connectivity index (χ2v) is 5.74. The van der Waals surface area contributed by atoms with Crippen LogP contribution in [-0.4, -0.2) is 21.9 Å². The predicted octanol–water partition coefficient (Wildman–Crippen LogP) is 2.98. The normalized spacial score (nSPS) is 14.8. The maximum atomic E-state index is 11.9. The summed E-state index contributed by atoms with van der Waals surface area (Å²) < 4.78 is 1.84. The van der Waals surface area contributed by atoms with Crippen LogP contribution in [0.1, 0.15) is 38.2 Å². The molecular formula is C15H20N4O. The number of anilines is 1. The third kappa shape index (κ3) is 2.35. The lowest BCUT2D eigenvalue weighted by Crippen LogP contribution is -2.30. The van der Waals surface area contributed by atoms with Crippen molar-refractivity contribution in [3.05, 3.63) is 23.8 Å². The van der Waals surface area contributed by atoms with Crippen LogP contribution < -0.4 is 10.6 Å². The van der Waals surface area contributed by atoms with Crippen molar-refractivity contribution in [2.24, 2.45) is 7.05 Å². The Hall–Kier alpha value is -2.04. The maximum Gasteiger partial charge on any atom is 0.320 e. The summed E-state index contributed by atoms with van der Waals surface area (Å²) in [6.07, 6.45) is 2.15. The van der Waals surface area contributed by atoms with Gasteiger partial charge in [0.05, 0.1) is 5.52 Å². The van der Waals surface area contributed by atoms with E-state index in [0.717, 1.165) is 23.7 Å². The van der Waals surface area contributed by atoms with Gasteiger partial charge in [0.25, 0.3) is 0 Å². The third-order valence-electron chi connectivity index (χ3n) is 3.66. The molecule has 2 N–H and O–H groups in total. The molecule has 3 rings (SSSR count). The standard InChI is InChI=1S/C15H20N4O/c1-9(2)11-5-4-6-12-13(11)19(3)18-14(12)17-15(20)16-10-7-8-10/h4-6,9-10H,7-8H2,1-3H3,(H2,16,17,18,20). The lowest BCUT2D eigenvalue weighted by atomic mass is 10.0. The van der Waals surface area contributed by atoms with Crippen molar-refractivity contribution in [3.63, 3.8) is 0 Å². The number of carbonyl (C=O) groups is 1. The fraction of sp³-hybridized carbons (Fsp3) is 0.467. The van der Waals surface area contributed by atoms with Crippen LogP contribution in [0.4, 0.5) is 10.6 Å². The van der Waals surface area contributed by atoms with Gasteiger partial charge in [-0.05, 0) is 30.4 Å². The predicted molar refractivity (Wildman–Crippen MR) is 80.0 cm³/mol. The molecule has 5 nitrogen and oxygen atoms in total. The highest BCUT2D eigenvalue weighted by Crippen LogP contribution is 2.29. The molecule has 5 heteroatoms. The number of urea groups is 1. The van der Waals surface area contributed by atoms with E-state index < -0.39 is 0 Å². The van der Waals surface area contributed by atoms with Gasteiger partial charge in [-0.15, -0.1) is 0 Å². The Balaban J connectivity index is 1.95. The number of fused-ring (bicyclic) bond motifs is 1. The Labute approximate surface area is 118 Å². The summed E-state index contributed by atoms with van der Waals surface area (Å²) in [5, 5.41) is 11.2. The minimum absolute atomic E-state index is 0.164. The van der Waals surface area contributed by atoms with Crippen LogP contribution in [0.3, 0.4) is 0 Å². The van der Waals surface area contributed by atoms with Crippen LogP contribution >= 0.6 is 0 Å². The SMILES string of the molecule is CC(C)c1cccc2c(NC(=O)NC3CC3)nn(C)c12. The van der Waals surface area contributed by atoms with Crippen molar-refractivity contribution < 1.29 is 4.79 Å². The molecule has 0 unspecified atom stereocenters. The lowest BCUT2D eigenvalue weighted by Gasteiger charge is -2.08. The van der Waals surface area contributed by atoms with E-state index in [0.29, 0.717) is 17.8 Å². The van der Waals surface area contributed by atoms with E-state index in [2.05, 4.69) is 35.6 Å². The number of benzene rings is 1. The van der Waals surface area contributed by atoms with Crippen molar-refractivity contribution in [1.82, 2.24) is 15.1 Å². The van der Waals surface area contributed by atoms with Gasteiger partial charge in [0.2, 0.25) is 0 Å². The Morgan fingerprint density at radius 2 is 2.15 bits per heavy atom. The second kappa shape index (κ2) is 4.81. The number of amides is 2. The van der Waals surface area contributed by atoms with Gasteiger partial charge >= 0.3 is 6.03 Å². The average Bonchev–Trinajstić information content (AvgIpc) is 3.15. The van der Waals surface area contributed by atoms with Crippen LogP contribution in [0.15, 0.2) is 18.2 Å². The van der Waals surface area contributed by atoms with Crippen LogP contribution in [0.5, 0.6) is 0 Å². The van der Waals surface area contributed by atoms with Gasteiger partial charge in [-0.3, -0.25) is 10.00 Å². The highest BCUT2D eigenvalue weighted by Gasteiger charge is 2.24. The number of hydrogen-bond donors (Lipinski definition) is 2. The van der Waals surface area contributed by atoms with E-state index in [1.165, 1.54) is 5.56 Å². The van der Waals surface area contributed by atoms with Crippen LogP contribution in [0, 0.1) is 0 Å². The molecule has 1 aliphatic carbocycles. The minimum Gasteiger partial charge on any atom is -0.335 e. The number of carbonyl (C=O) groups excluding carboxylic acids is 1. The van der Waals surface area contributed by atoms with Gasteiger partial charge in [0.1, 0.15) is 0 Å². The molecule has 1 fully saturated rings. The molecule has 1 aromatic heterocycles. The second-order valence-electron chi connectivity index (χ2n) is 5.74. The summed E-state index contributed by atoms with van der Waals surface area (Å²) in [4.78, 5) is 11.9. The molecule has 1 heterocycles. The lowest BCUT2D eigenvalue weighted by molar-refractivity contribution is 0.251. The zero-order valence-electron chi connectivity index (χ0n) is 12.1. The topological polar surface area (TPSA) is 59.0 Å². The van der Waals surface area contributed by atoms with Gasteiger partial charge in [-0.1, -0.05) is 26.0 Å². The number of hydrogen-bond acceptors (Lipinski definition) is 2. The smallest absolute Gasteiger partial charge is 0.320 e. The number of nitrogens with one attached hydrogen (secondary N) is 2. The van der Waals surface area contributed by atoms with Gasteiger partial charge in [0, 0.05) is 18.5 Å². The largest absolute Gasteiger partial charge is 0.335 e. The maximum absolute atomic E-state index is 11.9. The van der Waals surface area contributed by atoms with E-state index in [4.69, 9.17) is 0 Å². The number of nitrogens with zero attached hydrogens (tertiary/aromatic N) is 2. The van der Waals surface area contributed by atoms with Crippen molar-refractivity contribution in [2.45, 2.75) is 38.6 Å². The quantitative estimate of drug-likeness (QED) is 0.902. The summed E-state index contributed by atoms with van der Waals surface area (Å²) in [5.74, 6) is 1.05. The monoisotopic (exact) mass is 272 g/mol. The van der Waals surface area contributed by atoms with E-state index in [-0.39, 0.29) is 6.03 Å². The first kappa shape index (κ1) is 13.0. The minimum atomic E-state index is -0.164. The summed E-state index contributed by atoms with van der Waals surface area (Å²) in [6.45, 7) is 4.32. The molecular weight excluding hydrogens is 252 g/mol. The zero-order valence-corrected chi connectivity index (χ0v) is 12.1. The molecule has 106 valence electrons. The molecule has 0 atom stereocenters. The Morgan fingerprint density at radius 1 is 1.40 bits per heavy atom. The highest BCUT2D eigenvalue weighted by molar-refractivity contribution is 6.00. The number of aryl methyl sites for hydroxylation is 1. The van der Waals surface area contributed by atoms with Gasteiger partial charge < -0.3 is 5.32 Å². The summed E-state index contributed by atoms with van der Waals surface area (Å²) >= 11 is 0. The number of aromatic nitrogens is 2. The first-order chi connectivity index (χ1) is 9.56. The average molecular weight is 272 g/mol. The molecule has 0 aliphatic heterocycles. The molecule has 1 saturated carbocycles. The summed E-state index contributed by atoms with van der Waals surface area (Å²) in [7, 11) is 1.91. The molecule has 0 spiro atoms. The van der Waals surface area contributed by atoms with E-state index in [1.54, 1.807) is 0 Å². The highest BCUT2D eigenvalue weighted by atomic mass is 16.2. The Morgan fingerprint density at radius 3 is 2.80 bits per heavy atom. The van der Waals surface area contributed by atoms with Crippen molar-refractivity contribution in [2.75, 3.05) is 5.32 Å². The van der Waals surface area contributed by atoms with Gasteiger partial charge in [-0.25, -0.2) is 4.79 Å². The molecule has 20 heavy (non-hydrogen) atoms. The van der Waals surface area contributed by atoms with Crippen molar-refractivity contribution >= 4 is 22.8 Å². The zero-order chi connectivity index (χ0) is 14.3. The van der Waals surface area contributed by atoms with E-state index >= 15 is 0 Å². The molecule has 0 radical (unpaired) electrons. The molecule has 0 saturated heterocycles. The number of para-hydroxylation sites is 1. The molecule has 2 aromatic rings. The van der Waals surface area contributed by atoms with Crippen molar-refractivity contribution in [3.8, 4) is 0 Å². The van der Waals surface area contributed by atoms with Gasteiger partial charge in [-0.2, -0.15) is 5.10 Å². The van der Waals surface area contributed by atoms with Crippen LogP contribution in [0.25, 0.3) is 10.9 Å². The summed E-state index contributed by atoms with van der Waals surface area (Å²) in [5.41, 5.74) is 2.33. The van der Waals surface area contributed by atoms with E-state index in [9.17, 15) is 4.79 Å². The van der Waals surface area contributed by atoms with Crippen molar-refractivity contribution in [1.29, 1.82) is 0 Å².